The van der Waals surface area contributed by atoms with Gasteiger partial charge < -0.3 is 10.5 Å². The van der Waals surface area contributed by atoms with Crippen LogP contribution in [0.25, 0.3) is 16.7 Å². The monoisotopic (exact) mass is 342 g/mol. The van der Waals surface area contributed by atoms with E-state index in [1.54, 1.807) is 17.7 Å². The fourth-order valence-electron chi connectivity index (χ4n) is 2.29. The van der Waals surface area contributed by atoms with E-state index in [2.05, 4.69) is 27.0 Å². The van der Waals surface area contributed by atoms with Gasteiger partial charge in [0.2, 0.25) is 5.95 Å². The number of nitrogens with two attached hydrogens (primary N) is 1. The lowest BCUT2D eigenvalue weighted by molar-refractivity contribution is 0.419. The van der Waals surface area contributed by atoms with E-state index >= 15 is 0 Å². The van der Waals surface area contributed by atoms with Crippen LogP contribution in [0, 0.1) is 11.3 Å². The number of nitriles is 1. The molecule has 2 aromatic carbocycles. The van der Waals surface area contributed by atoms with Crippen LogP contribution < -0.4 is 10.5 Å². The number of ether oxygens (including phenoxy) is 1. The molecule has 1 aromatic heterocycles. The van der Waals surface area contributed by atoms with Crippen molar-refractivity contribution in [2.75, 3.05) is 12.8 Å². The first-order valence-corrected chi connectivity index (χ1v) is 6.96. The molecule has 0 spiro atoms. The average molecular weight is 343 g/mol. The van der Waals surface area contributed by atoms with E-state index < -0.39 is 0 Å². The minimum Gasteiger partial charge on any atom is -0.494 e. The molecule has 3 aromatic rings. The third kappa shape index (κ3) is 2.12. The van der Waals surface area contributed by atoms with Crippen molar-refractivity contribution >= 4 is 32.9 Å². The number of benzene rings is 2. The highest BCUT2D eigenvalue weighted by molar-refractivity contribution is 9.10. The van der Waals surface area contributed by atoms with Crippen LogP contribution in [0.1, 0.15) is 5.56 Å². The zero-order chi connectivity index (χ0) is 15.0. The lowest BCUT2D eigenvalue weighted by Gasteiger charge is -2.09. The van der Waals surface area contributed by atoms with Crippen LogP contribution in [0.2, 0.25) is 0 Å². The van der Waals surface area contributed by atoms with E-state index in [-0.39, 0.29) is 0 Å². The summed E-state index contributed by atoms with van der Waals surface area (Å²) in [5.74, 6) is 0.954. The van der Waals surface area contributed by atoms with Crippen molar-refractivity contribution in [3.05, 3.63) is 46.4 Å². The van der Waals surface area contributed by atoms with Crippen LogP contribution in [0.5, 0.6) is 5.75 Å². The van der Waals surface area contributed by atoms with Gasteiger partial charge in [-0.25, -0.2) is 4.98 Å². The van der Waals surface area contributed by atoms with Crippen molar-refractivity contribution in [3.8, 4) is 17.5 Å². The molecule has 0 radical (unpaired) electrons. The van der Waals surface area contributed by atoms with Crippen molar-refractivity contribution in [1.29, 1.82) is 5.26 Å². The number of nitrogen functional groups attached to an aromatic ring is 1. The Hall–Kier alpha value is -2.52. The van der Waals surface area contributed by atoms with Crippen molar-refractivity contribution in [2.24, 2.45) is 0 Å². The molecule has 0 amide bonds. The summed E-state index contributed by atoms with van der Waals surface area (Å²) in [5, 5.41) is 9.31. The van der Waals surface area contributed by atoms with Gasteiger partial charge in [-0.2, -0.15) is 5.26 Å². The van der Waals surface area contributed by atoms with Gasteiger partial charge in [0.05, 0.1) is 23.9 Å². The molecule has 0 bridgehead atoms. The van der Waals surface area contributed by atoms with Gasteiger partial charge in [0.1, 0.15) is 17.3 Å². The van der Waals surface area contributed by atoms with Crippen molar-refractivity contribution in [3.63, 3.8) is 0 Å². The lowest BCUT2D eigenvalue weighted by atomic mass is 10.2. The van der Waals surface area contributed by atoms with E-state index in [0.29, 0.717) is 28.5 Å². The summed E-state index contributed by atoms with van der Waals surface area (Å²) < 4.78 is 7.92. The van der Waals surface area contributed by atoms with E-state index in [4.69, 9.17) is 10.5 Å². The topological polar surface area (TPSA) is 76.9 Å². The maximum Gasteiger partial charge on any atom is 0.206 e. The van der Waals surface area contributed by atoms with E-state index in [1.165, 1.54) is 0 Å². The van der Waals surface area contributed by atoms with E-state index in [1.807, 2.05) is 30.3 Å². The summed E-state index contributed by atoms with van der Waals surface area (Å²) in [6, 6.07) is 13.2. The number of nitrogens with zero attached hydrogens (tertiary/aromatic N) is 3. The molecule has 6 heteroatoms. The van der Waals surface area contributed by atoms with Crippen LogP contribution in [0.4, 0.5) is 5.95 Å². The van der Waals surface area contributed by atoms with Gasteiger partial charge in [-0.3, -0.25) is 4.57 Å². The zero-order valence-electron chi connectivity index (χ0n) is 11.2. The van der Waals surface area contributed by atoms with Gasteiger partial charge in [-0.05, 0) is 30.3 Å². The molecular formula is C15H11BrN4O. The molecule has 0 aliphatic heterocycles. The number of anilines is 1. The standard InChI is InChI=1S/C15H11BrN4O/c1-21-13-4-2-3-11-14(13)19-15(18)20(11)12-7-10(16)6-5-9(12)8-17/h2-7H,1H3,(H2,18,19). The minimum absolute atomic E-state index is 0.309. The Kier molecular flexibility index (Phi) is 3.28. The Bertz CT molecular complexity index is 879. The number of aromatic nitrogens is 2. The molecule has 21 heavy (non-hydrogen) atoms. The third-order valence-corrected chi connectivity index (χ3v) is 3.71. The Labute approximate surface area is 129 Å². The molecule has 0 aliphatic carbocycles. The number of imidazole rings is 1. The van der Waals surface area contributed by atoms with Crippen molar-refractivity contribution in [1.82, 2.24) is 9.55 Å². The number of halogens is 1. The van der Waals surface area contributed by atoms with Crippen LogP contribution in [-0.2, 0) is 0 Å². The smallest absolute Gasteiger partial charge is 0.206 e. The molecule has 104 valence electrons. The maximum atomic E-state index is 9.31. The molecule has 1 heterocycles. The van der Waals surface area contributed by atoms with Crippen LogP contribution in [0.15, 0.2) is 40.9 Å². The quantitative estimate of drug-likeness (QED) is 0.775. The first-order chi connectivity index (χ1) is 10.2. The summed E-state index contributed by atoms with van der Waals surface area (Å²) in [5.41, 5.74) is 8.72. The summed E-state index contributed by atoms with van der Waals surface area (Å²) in [4.78, 5) is 4.36. The van der Waals surface area contributed by atoms with Crippen LogP contribution in [-0.4, -0.2) is 16.7 Å². The number of hydrogen-bond donors (Lipinski definition) is 1. The molecule has 0 atom stereocenters. The summed E-state index contributed by atoms with van der Waals surface area (Å²) in [7, 11) is 1.59. The van der Waals surface area contributed by atoms with Crippen molar-refractivity contribution < 1.29 is 4.74 Å². The summed E-state index contributed by atoms with van der Waals surface area (Å²) >= 11 is 3.42. The second kappa shape index (κ2) is 5.11. The van der Waals surface area contributed by atoms with Gasteiger partial charge in [0.25, 0.3) is 0 Å². The van der Waals surface area contributed by atoms with Gasteiger partial charge in [0, 0.05) is 4.47 Å². The molecule has 0 aliphatic rings. The highest BCUT2D eigenvalue weighted by Gasteiger charge is 2.16. The Balaban J connectivity index is 2.39. The fraction of sp³-hybridized carbons (Fsp3) is 0.0667. The molecule has 0 fully saturated rings. The number of para-hydroxylation sites is 1. The second-order valence-corrected chi connectivity index (χ2v) is 5.32. The van der Waals surface area contributed by atoms with Gasteiger partial charge in [-0.15, -0.1) is 0 Å². The predicted octanol–water partition coefficient (Wildman–Crippen LogP) is 3.25. The summed E-state index contributed by atoms with van der Waals surface area (Å²) in [6.45, 7) is 0. The first kappa shape index (κ1) is 13.5. The van der Waals surface area contributed by atoms with E-state index in [0.717, 1.165) is 9.99 Å². The van der Waals surface area contributed by atoms with Crippen LogP contribution >= 0.6 is 15.9 Å². The normalized spacial score (nSPS) is 10.5. The molecule has 5 nitrogen and oxygen atoms in total. The number of hydrogen-bond acceptors (Lipinski definition) is 4. The Morgan fingerprint density at radius 2 is 2.14 bits per heavy atom. The fourth-order valence-corrected chi connectivity index (χ4v) is 2.64. The predicted molar refractivity (Wildman–Crippen MR) is 84.4 cm³/mol. The highest BCUT2D eigenvalue weighted by Crippen LogP contribution is 2.31. The maximum absolute atomic E-state index is 9.31. The Morgan fingerprint density at radius 3 is 2.86 bits per heavy atom. The third-order valence-electron chi connectivity index (χ3n) is 3.22. The second-order valence-electron chi connectivity index (χ2n) is 4.41. The molecule has 0 saturated heterocycles. The average Bonchev–Trinajstić information content (AvgIpc) is 2.82. The minimum atomic E-state index is 0.309. The molecule has 3 rings (SSSR count). The van der Waals surface area contributed by atoms with E-state index in [9.17, 15) is 5.26 Å². The lowest BCUT2D eigenvalue weighted by Crippen LogP contribution is -2.02. The van der Waals surface area contributed by atoms with Gasteiger partial charge >= 0.3 is 0 Å². The number of fused-ring (bicyclic) bond motifs is 1. The van der Waals surface area contributed by atoms with Gasteiger partial charge in [0.15, 0.2) is 0 Å². The zero-order valence-corrected chi connectivity index (χ0v) is 12.8. The van der Waals surface area contributed by atoms with Crippen LogP contribution in [0.3, 0.4) is 0 Å². The molecule has 0 unspecified atom stereocenters. The van der Waals surface area contributed by atoms with Crippen molar-refractivity contribution in [2.45, 2.75) is 0 Å². The molecule has 0 saturated carbocycles. The highest BCUT2D eigenvalue weighted by atomic mass is 79.9. The molecular weight excluding hydrogens is 332 g/mol. The SMILES string of the molecule is COc1cccc2c1nc(N)n2-c1cc(Br)ccc1C#N. The number of rotatable bonds is 2. The molecule has 2 N–H and O–H groups in total. The summed E-state index contributed by atoms with van der Waals surface area (Å²) in [6.07, 6.45) is 0. The Morgan fingerprint density at radius 1 is 1.33 bits per heavy atom. The largest absolute Gasteiger partial charge is 0.494 e. The van der Waals surface area contributed by atoms with Gasteiger partial charge in [-0.1, -0.05) is 22.0 Å². The number of methoxy groups -OCH3 is 1. The first-order valence-electron chi connectivity index (χ1n) is 6.16.